The van der Waals surface area contributed by atoms with Gasteiger partial charge in [0.05, 0.1) is 0 Å². The Hall–Kier alpha value is -1.40. The summed E-state index contributed by atoms with van der Waals surface area (Å²) in [5.74, 6) is 0. The molecule has 0 aromatic heterocycles. The molecular weight excluding hydrogens is 479 g/mol. The summed E-state index contributed by atoms with van der Waals surface area (Å²) in [5, 5.41) is 8.60. The van der Waals surface area contributed by atoms with E-state index in [0.29, 0.717) is 12.3 Å². The molecular formula is C24H38N6Pd. The summed E-state index contributed by atoms with van der Waals surface area (Å²) in [6.45, 7) is 4.19. The van der Waals surface area contributed by atoms with Crippen LogP contribution in [0.2, 0.25) is 0 Å². The van der Waals surface area contributed by atoms with Crippen LogP contribution >= 0.6 is 0 Å². The van der Waals surface area contributed by atoms with Gasteiger partial charge in [0.2, 0.25) is 0 Å². The zero-order valence-electron chi connectivity index (χ0n) is 20.1. The standard InChI is InChI=1S/2C11H16N3.2CH3.Pd/c2*1-12-9-13(2)14(3)11(12)10-7-5-4-6-8-10;;;/h2*4-9,11H,1-3H3;2*1H3;/q2*+1;2*-1;. The molecule has 2 aliphatic rings. The molecule has 2 aromatic carbocycles. The average Bonchev–Trinajstić information content (AvgIpc) is 3.10. The van der Waals surface area contributed by atoms with Gasteiger partial charge < -0.3 is 14.9 Å². The third kappa shape index (κ3) is 6.79. The van der Waals surface area contributed by atoms with Gasteiger partial charge in [-0.15, -0.1) is 9.80 Å². The second kappa shape index (κ2) is 13.2. The first-order valence-electron chi connectivity index (χ1n) is 9.55. The molecule has 2 atom stereocenters. The van der Waals surface area contributed by atoms with Crippen LogP contribution in [0.15, 0.2) is 60.7 Å². The Morgan fingerprint density at radius 1 is 0.548 bits per heavy atom. The van der Waals surface area contributed by atoms with Gasteiger partial charge in [0.25, 0.3) is 13.3 Å². The summed E-state index contributed by atoms with van der Waals surface area (Å²) < 4.78 is 0. The number of nitrogens with zero attached hydrogens (tertiary/aromatic N) is 6. The van der Waals surface area contributed by atoms with Crippen molar-refractivity contribution in [3.8, 4) is 0 Å². The van der Waals surface area contributed by atoms with Crippen molar-refractivity contribution in [2.75, 3.05) is 42.3 Å². The summed E-state index contributed by atoms with van der Waals surface area (Å²) in [6.07, 6.45) is 0.641. The number of benzene rings is 2. The first kappa shape index (κ1) is 29.6. The molecule has 2 unspecified atom stereocenters. The average molecular weight is 517 g/mol. The summed E-state index contributed by atoms with van der Waals surface area (Å²) >= 11 is 0. The number of hydrogen-bond donors (Lipinski definition) is 0. The van der Waals surface area contributed by atoms with Gasteiger partial charge in [-0.1, -0.05) is 70.7 Å². The molecule has 0 bridgehead atoms. The predicted octanol–water partition coefficient (Wildman–Crippen LogP) is 3.96. The minimum Gasteiger partial charge on any atom is -0.358 e. The van der Waals surface area contributed by atoms with E-state index in [1.807, 2.05) is 12.1 Å². The first-order chi connectivity index (χ1) is 13.4. The first-order valence-corrected chi connectivity index (χ1v) is 9.55. The number of hydrogen-bond acceptors (Lipinski definition) is 6. The maximum Gasteiger partial charge on any atom is 0.260 e. The third-order valence-corrected chi connectivity index (χ3v) is 5.37. The van der Waals surface area contributed by atoms with Crippen LogP contribution in [0.5, 0.6) is 0 Å². The van der Waals surface area contributed by atoms with E-state index in [2.05, 4.69) is 134 Å². The molecule has 0 N–H and O–H groups in total. The minimum atomic E-state index is 0. The van der Waals surface area contributed by atoms with Crippen molar-refractivity contribution >= 4 is 0 Å². The van der Waals surface area contributed by atoms with Crippen molar-refractivity contribution in [1.29, 1.82) is 0 Å². The number of rotatable bonds is 2. The second-order valence-electron chi connectivity index (χ2n) is 7.43. The van der Waals surface area contributed by atoms with Gasteiger partial charge >= 0.3 is 0 Å². The third-order valence-electron chi connectivity index (χ3n) is 5.37. The van der Waals surface area contributed by atoms with Crippen LogP contribution in [-0.4, -0.2) is 72.1 Å². The van der Waals surface area contributed by atoms with Crippen molar-refractivity contribution in [1.82, 2.24) is 29.8 Å². The molecule has 7 heteroatoms. The smallest absolute Gasteiger partial charge is 0.260 e. The normalized spacial score (nSPS) is 22.8. The largest absolute Gasteiger partial charge is 0.358 e. The molecule has 0 aliphatic carbocycles. The predicted molar refractivity (Wildman–Crippen MR) is 126 cm³/mol. The second-order valence-corrected chi connectivity index (χ2v) is 7.43. The molecule has 0 spiro atoms. The summed E-state index contributed by atoms with van der Waals surface area (Å²) in [6, 6.07) is 21.0. The Bertz CT molecular complexity index is 668. The molecule has 2 aliphatic heterocycles. The van der Waals surface area contributed by atoms with Gasteiger partial charge in [-0.2, -0.15) is 10.0 Å². The molecule has 31 heavy (non-hydrogen) atoms. The van der Waals surface area contributed by atoms with Crippen LogP contribution in [-0.2, 0) is 20.4 Å². The molecule has 174 valence electrons. The zero-order valence-corrected chi connectivity index (χ0v) is 21.6. The van der Waals surface area contributed by atoms with Gasteiger partial charge in [-0.3, -0.25) is 0 Å². The number of hydrazine groups is 2. The maximum absolute atomic E-state index is 2.20. The van der Waals surface area contributed by atoms with E-state index in [9.17, 15) is 0 Å². The molecule has 6 nitrogen and oxygen atoms in total. The van der Waals surface area contributed by atoms with Gasteiger partial charge in [-0.05, 0) is 11.1 Å². The van der Waals surface area contributed by atoms with Crippen molar-refractivity contribution < 1.29 is 20.4 Å². The van der Waals surface area contributed by atoms with E-state index in [4.69, 9.17) is 0 Å². The summed E-state index contributed by atoms with van der Waals surface area (Å²) in [5.41, 5.74) is 2.64. The fraction of sp³-hybridized carbons (Fsp3) is 0.333. The molecule has 2 fully saturated rings. The molecule has 2 heterocycles. The topological polar surface area (TPSA) is 19.4 Å². The van der Waals surface area contributed by atoms with Crippen LogP contribution in [0.25, 0.3) is 0 Å². The van der Waals surface area contributed by atoms with E-state index in [0.717, 1.165) is 0 Å². The van der Waals surface area contributed by atoms with Crippen molar-refractivity contribution in [3.63, 3.8) is 0 Å². The Morgan fingerprint density at radius 2 is 0.839 bits per heavy atom. The maximum atomic E-state index is 2.20. The molecule has 0 amide bonds. The fourth-order valence-corrected chi connectivity index (χ4v) is 3.84. The van der Waals surface area contributed by atoms with Crippen LogP contribution in [0.1, 0.15) is 23.5 Å². The summed E-state index contributed by atoms with van der Waals surface area (Å²) in [4.78, 5) is 4.41. The van der Waals surface area contributed by atoms with E-state index in [-0.39, 0.29) is 35.3 Å². The monoisotopic (exact) mass is 516 g/mol. The molecule has 2 saturated heterocycles. The summed E-state index contributed by atoms with van der Waals surface area (Å²) in [7, 11) is 12.5. The molecule has 4 rings (SSSR count). The van der Waals surface area contributed by atoms with Gasteiger partial charge in [-0.25, -0.2) is 0 Å². The van der Waals surface area contributed by atoms with Crippen LogP contribution in [0, 0.1) is 28.2 Å². The van der Waals surface area contributed by atoms with E-state index >= 15 is 0 Å². The van der Waals surface area contributed by atoms with E-state index in [1.54, 1.807) is 0 Å². The minimum absolute atomic E-state index is 0. The quantitative estimate of drug-likeness (QED) is 0.441. The SMILES string of the molecule is CN1[CH+]N(C)N(C)C1c1ccccc1.CN1[CH+]N(C)N(C)C1c1ccccc1.[CH3-].[CH3-].[Pd]. The van der Waals surface area contributed by atoms with Gasteiger partial charge in [0.15, 0.2) is 0 Å². The Kier molecular flexibility index (Phi) is 12.6. The van der Waals surface area contributed by atoms with E-state index in [1.165, 1.54) is 11.1 Å². The fourth-order valence-electron chi connectivity index (χ4n) is 3.84. The van der Waals surface area contributed by atoms with Gasteiger partial charge in [0, 0.05) is 62.7 Å². The van der Waals surface area contributed by atoms with E-state index < -0.39 is 0 Å². The Morgan fingerprint density at radius 3 is 1.06 bits per heavy atom. The molecule has 2 aromatic rings. The Labute approximate surface area is 204 Å². The molecule has 0 saturated carbocycles. The van der Waals surface area contributed by atoms with Crippen molar-refractivity contribution in [2.45, 2.75) is 12.3 Å². The van der Waals surface area contributed by atoms with Crippen LogP contribution < -0.4 is 0 Å². The van der Waals surface area contributed by atoms with Crippen LogP contribution in [0.4, 0.5) is 0 Å². The zero-order chi connectivity index (χ0) is 20.3. The van der Waals surface area contributed by atoms with Crippen molar-refractivity contribution in [3.05, 3.63) is 100.0 Å². The van der Waals surface area contributed by atoms with Crippen LogP contribution in [0.3, 0.4) is 0 Å². The van der Waals surface area contributed by atoms with Crippen molar-refractivity contribution in [2.24, 2.45) is 0 Å². The molecule has 0 radical (unpaired) electrons. The van der Waals surface area contributed by atoms with Gasteiger partial charge in [0.1, 0.15) is 12.3 Å². The Balaban J connectivity index is 0.000000529.